The first-order chi connectivity index (χ1) is 9.68. The molecule has 4 unspecified atom stereocenters. The Morgan fingerprint density at radius 3 is 2.75 bits per heavy atom. The van der Waals surface area contributed by atoms with Crippen LogP contribution in [0.3, 0.4) is 0 Å². The minimum absolute atomic E-state index is 0.0192. The molecular formula is C16H22N2O2. The van der Waals surface area contributed by atoms with Gasteiger partial charge in [0, 0.05) is 18.6 Å². The largest absolute Gasteiger partial charge is 0.381 e. The second-order valence-electron chi connectivity index (χ2n) is 5.81. The molecule has 4 nitrogen and oxygen atoms in total. The maximum Gasteiger partial charge on any atom is 0.241 e. The summed E-state index contributed by atoms with van der Waals surface area (Å²) in [5.74, 6) is 0.635. The summed E-state index contributed by atoms with van der Waals surface area (Å²) in [6, 6.07) is 10.3. The van der Waals surface area contributed by atoms with Gasteiger partial charge in [0.05, 0.1) is 12.6 Å². The second-order valence-corrected chi connectivity index (χ2v) is 5.81. The first-order valence-corrected chi connectivity index (χ1v) is 7.39. The Morgan fingerprint density at radius 1 is 1.35 bits per heavy atom. The summed E-state index contributed by atoms with van der Waals surface area (Å²) in [5.41, 5.74) is 1.15. The number of hydrogen-bond donors (Lipinski definition) is 1. The van der Waals surface area contributed by atoms with E-state index in [1.54, 1.807) is 0 Å². The van der Waals surface area contributed by atoms with Crippen molar-refractivity contribution in [1.82, 2.24) is 10.2 Å². The quantitative estimate of drug-likeness (QED) is 0.915. The lowest BCUT2D eigenvalue weighted by atomic mass is 9.98. The van der Waals surface area contributed by atoms with Gasteiger partial charge in [-0.25, -0.2) is 0 Å². The minimum atomic E-state index is -0.120. The minimum Gasteiger partial charge on any atom is -0.381 e. The van der Waals surface area contributed by atoms with Crippen LogP contribution in [0.2, 0.25) is 0 Å². The third kappa shape index (κ3) is 2.34. The number of rotatable bonds is 3. The third-order valence-electron chi connectivity index (χ3n) is 4.51. The summed E-state index contributed by atoms with van der Waals surface area (Å²) in [7, 11) is 0. The summed E-state index contributed by atoms with van der Waals surface area (Å²) in [6.07, 6.45) is 1.02. The van der Waals surface area contributed by atoms with Gasteiger partial charge in [0.1, 0.15) is 6.17 Å². The lowest BCUT2D eigenvalue weighted by molar-refractivity contribution is -0.132. The van der Waals surface area contributed by atoms with Gasteiger partial charge in [-0.2, -0.15) is 0 Å². The van der Waals surface area contributed by atoms with Crippen molar-refractivity contribution in [3.8, 4) is 0 Å². The fourth-order valence-corrected chi connectivity index (χ4v) is 3.23. The van der Waals surface area contributed by atoms with Gasteiger partial charge in [-0.05, 0) is 25.8 Å². The third-order valence-corrected chi connectivity index (χ3v) is 4.51. The number of hydrogen-bond acceptors (Lipinski definition) is 3. The standard InChI is InChI=1S/C16H22N2O2/c1-11-16(19)18(12(2)14-8-9-20-10-14)15(17-11)13-6-4-3-5-7-13/h3-7,11-12,14-15,17H,8-10H2,1-2H3. The van der Waals surface area contributed by atoms with Crippen LogP contribution >= 0.6 is 0 Å². The number of carbonyl (C=O) groups excluding carboxylic acids is 1. The SMILES string of the molecule is CC1NC(c2ccccc2)N(C(C)C2CCOC2)C1=O. The summed E-state index contributed by atoms with van der Waals surface area (Å²) >= 11 is 0. The van der Waals surface area contributed by atoms with Gasteiger partial charge < -0.3 is 9.64 Å². The summed E-state index contributed by atoms with van der Waals surface area (Å²) in [6.45, 7) is 5.67. The van der Waals surface area contributed by atoms with Crippen LogP contribution in [0.5, 0.6) is 0 Å². The number of carbonyl (C=O) groups is 1. The van der Waals surface area contributed by atoms with Gasteiger partial charge in [-0.15, -0.1) is 0 Å². The normalized spacial score (nSPS) is 31.8. The Labute approximate surface area is 120 Å². The zero-order valence-electron chi connectivity index (χ0n) is 12.1. The topological polar surface area (TPSA) is 41.6 Å². The average molecular weight is 274 g/mol. The zero-order chi connectivity index (χ0) is 14.1. The van der Waals surface area contributed by atoms with Crippen molar-refractivity contribution in [2.75, 3.05) is 13.2 Å². The highest BCUT2D eigenvalue weighted by Crippen LogP contribution is 2.32. The number of ether oxygens (including phenoxy) is 1. The number of nitrogens with one attached hydrogen (secondary N) is 1. The highest BCUT2D eigenvalue weighted by Gasteiger charge is 2.42. The van der Waals surface area contributed by atoms with E-state index < -0.39 is 0 Å². The van der Waals surface area contributed by atoms with Crippen molar-refractivity contribution in [1.29, 1.82) is 0 Å². The van der Waals surface area contributed by atoms with E-state index in [0.29, 0.717) is 5.92 Å². The molecule has 2 aliphatic heterocycles. The molecule has 4 atom stereocenters. The van der Waals surface area contributed by atoms with Gasteiger partial charge >= 0.3 is 0 Å². The van der Waals surface area contributed by atoms with Crippen LogP contribution < -0.4 is 5.32 Å². The predicted molar refractivity (Wildman–Crippen MR) is 77.0 cm³/mol. The fourth-order valence-electron chi connectivity index (χ4n) is 3.23. The van der Waals surface area contributed by atoms with Gasteiger partial charge in [0.2, 0.25) is 5.91 Å². The Morgan fingerprint density at radius 2 is 2.10 bits per heavy atom. The van der Waals surface area contributed by atoms with Crippen LogP contribution in [-0.2, 0) is 9.53 Å². The van der Waals surface area contributed by atoms with Crippen LogP contribution in [0.15, 0.2) is 30.3 Å². The molecule has 2 saturated heterocycles. The molecule has 4 heteroatoms. The molecule has 20 heavy (non-hydrogen) atoms. The van der Waals surface area contributed by atoms with Crippen LogP contribution in [0.1, 0.15) is 32.0 Å². The van der Waals surface area contributed by atoms with Crippen molar-refractivity contribution < 1.29 is 9.53 Å². The summed E-state index contributed by atoms with van der Waals surface area (Å²) < 4.78 is 5.48. The Bertz CT molecular complexity index is 471. The van der Waals surface area contributed by atoms with Crippen molar-refractivity contribution >= 4 is 5.91 Å². The van der Waals surface area contributed by atoms with E-state index in [2.05, 4.69) is 24.4 Å². The molecule has 0 radical (unpaired) electrons. The molecule has 1 aromatic rings. The molecule has 0 saturated carbocycles. The van der Waals surface area contributed by atoms with E-state index in [-0.39, 0.29) is 24.2 Å². The second kappa shape index (κ2) is 5.54. The van der Waals surface area contributed by atoms with Gasteiger partial charge in [-0.3, -0.25) is 10.1 Å². The lowest BCUT2D eigenvalue weighted by Gasteiger charge is -2.33. The molecular weight excluding hydrogens is 252 g/mol. The highest BCUT2D eigenvalue weighted by molar-refractivity contribution is 5.84. The smallest absolute Gasteiger partial charge is 0.241 e. The van der Waals surface area contributed by atoms with Crippen molar-refractivity contribution in [3.63, 3.8) is 0 Å². The lowest BCUT2D eigenvalue weighted by Crippen LogP contribution is -2.42. The Kier molecular flexibility index (Phi) is 3.76. The molecule has 0 aliphatic carbocycles. The van der Waals surface area contributed by atoms with Crippen molar-refractivity contribution in [3.05, 3.63) is 35.9 Å². The van der Waals surface area contributed by atoms with Gasteiger partial charge in [0.15, 0.2) is 0 Å². The van der Waals surface area contributed by atoms with E-state index >= 15 is 0 Å². The van der Waals surface area contributed by atoms with Crippen LogP contribution in [-0.4, -0.2) is 36.1 Å². The number of benzene rings is 1. The molecule has 2 fully saturated rings. The molecule has 0 spiro atoms. The first kappa shape index (κ1) is 13.6. The average Bonchev–Trinajstić information content (AvgIpc) is 3.09. The molecule has 2 heterocycles. The zero-order valence-corrected chi connectivity index (χ0v) is 12.1. The molecule has 1 aromatic carbocycles. The predicted octanol–water partition coefficient (Wildman–Crippen LogP) is 1.93. The van der Waals surface area contributed by atoms with Crippen LogP contribution in [0.4, 0.5) is 0 Å². The molecule has 3 rings (SSSR count). The molecule has 0 aromatic heterocycles. The first-order valence-electron chi connectivity index (χ1n) is 7.39. The van der Waals surface area contributed by atoms with Gasteiger partial charge in [-0.1, -0.05) is 30.3 Å². The van der Waals surface area contributed by atoms with Gasteiger partial charge in [0.25, 0.3) is 0 Å². The Balaban J connectivity index is 1.86. The maximum absolute atomic E-state index is 12.5. The fraction of sp³-hybridized carbons (Fsp3) is 0.562. The number of nitrogens with zero attached hydrogens (tertiary/aromatic N) is 1. The Hall–Kier alpha value is -1.39. The molecule has 1 N–H and O–H groups in total. The monoisotopic (exact) mass is 274 g/mol. The van der Waals surface area contributed by atoms with Crippen LogP contribution in [0, 0.1) is 5.92 Å². The van der Waals surface area contributed by atoms with E-state index in [4.69, 9.17) is 4.74 Å². The molecule has 0 bridgehead atoms. The molecule has 2 aliphatic rings. The van der Waals surface area contributed by atoms with E-state index in [0.717, 1.165) is 25.2 Å². The van der Waals surface area contributed by atoms with E-state index in [1.807, 2.05) is 30.0 Å². The van der Waals surface area contributed by atoms with E-state index in [9.17, 15) is 4.79 Å². The van der Waals surface area contributed by atoms with Crippen molar-refractivity contribution in [2.24, 2.45) is 5.92 Å². The van der Waals surface area contributed by atoms with Crippen LogP contribution in [0.25, 0.3) is 0 Å². The highest BCUT2D eigenvalue weighted by atomic mass is 16.5. The molecule has 108 valence electrons. The summed E-state index contributed by atoms with van der Waals surface area (Å²) in [5, 5.41) is 3.41. The number of amides is 1. The van der Waals surface area contributed by atoms with E-state index in [1.165, 1.54) is 0 Å². The molecule has 1 amide bonds. The maximum atomic E-state index is 12.5. The summed E-state index contributed by atoms with van der Waals surface area (Å²) in [4.78, 5) is 14.5. The van der Waals surface area contributed by atoms with Crippen molar-refractivity contribution in [2.45, 2.75) is 38.5 Å².